The van der Waals surface area contributed by atoms with Crippen molar-refractivity contribution in [1.82, 2.24) is 4.98 Å². The SMILES string of the molecule is Cc1ccc(C(C)Nc2nc3cc(F)ccc3o2)o1. The fourth-order valence-corrected chi connectivity index (χ4v) is 1.90. The quantitative estimate of drug-likeness (QED) is 0.772. The van der Waals surface area contributed by atoms with Crippen LogP contribution in [0, 0.1) is 12.7 Å². The number of furan rings is 1. The van der Waals surface area contributed by atoms with Crippen LogP contribution < -0.4 is 5.32 Å². The zero-order chi connectivity index (χ0) is 13.4. The number of halogens is 1. The van der Waals surface area contributed by atoms with Crippen LogP contribution in [-0.4, -0.2) is 4.98 Å². The summed E-state index contributed by atoms with van der Waals surface area (Å²) in [7, 11) is 0. The maximum Gasteiger partial charge on any atom is 0.296 e. The Morgan fingerprint density at radius 2 is 2.05 bits per heavy atom. The first-order chi connectivity index (χ1) is 9.11. The fraction of sp³-hybridized carbons (Fsp3) is 0.214. The summed E-state index contributed by atoms with van der Waals surface area (Å²) in [5, 5.41) is 3.09. The minimum atomic E-state index is -0.331. The molecule has 0 bridgehead atoms. The number of hydrogen-bond donors (Lipinski definition) is 1. The van der Waals surface area contributed by atoms with Gasteiger partial charge in [-0.3, -0.25) is 0 Å². The van der Waals surface area contributed by atoms with Crippen molar-refractivity contribution < 1.29 is 13.2 Å². The predicted octanol–water partition coefficient (Wildman–Crippen LogP) is 4.04. The van der Waals surface area contributed by atoms with E-state index in [4.69, 9.17) is 8.83 Å². The first kappa shape index (κ1) is 11.8. The molecule has 1 aromatic carbocycles. The van der Waals surface area contributed by atoms with Crippen LogP contribution in [0.5, 0.6) is 0 Å². The number of rotatable bonds is 3. The Kier molecular flexibility index (Phi) is 2.74. The van der Waals surface area contributed by atoms with E-state index < -0.39 is 0 Å². The molecule has 4 nitrogen and oxygen atoms in total. The number of aromatic nitrogens is 1. The van der Waals surface area contributed by atoms with E-state index in [1.807, 2.05) is 26.0 Å². The monoisotopic (exact) mass is 260 g/mol. The Morgan fingerprint density at radius 1 is 1.21 bits per heavy atom. The summed E-state index contributed by atoms with van der Waals surface area (Å²) in [4.78, 5) is 4.19. The molecule has 3 rings (SSSR count). The Morgan fingerprint density at radius 3 is 2.79 bits per heavy atom. The topological polar surface area (TPSA) is 51.2 Å². The molecule has 1 unspecified atom stereocenters. The van der Waals surface area contributed by atoms with Crippen molar-refractivity contribution in [3.63, 3.8) is 0 Å². The lowest BCUT2D eigenvalue weighted by Crippen LogP contribution is -2.05. The van der Waals surface area contributed by atoms with E-state index in [1.165, 1.54) is 12.1 Å². The van der Waals surface area contributed by atoms with Crippen molar-refractivity contribution in [3.8, 4) is 0 Å². The van der Waals surface area contributed by atoms with Crippen molar-refractivity contribution in [2.75, 3.05) is 5.32 Å². The lowest BCUT2D eigenvalue weighted by Gasteiger charge is -2.08. The fourth-order valence-electron chi connectivity index (χ4n) is 1.90. The average molecular weight is 260 g/mol. The van der Waals surface area contributed by atoms with Gasteiger partial charge in [-0.05, 0) is 38.1 Å². The Labute approximate surface area is 109 Å². The highest BCUT2D eigenvalue weighted by molar-refractivity contribution is 5.74. The number of hydrogen-bond acceptors (Lipinski definition) is 4. The van der Waals surface area contributed by atoms with Crippen molar-refractivity contribution >= 4 is 17.1 Å². The van der Waals surface area contributed by atoms with Crippen LogP contribution in [-0.2, 0) is 0 Å². The molecule has 0 radical (unpaired) electrons. The Hall–Kier alpha value is -2.30. The third kappa shape index (κ3) is 2.31. The van der Waals surface area contributed by atoms with Gasteiger partial charge >= 0.3 is 0 Å². The normalized spacial score (nSPS) is 12.8. The van der Waals surface area contributed by atoms with Gasteiger partial charge in [-0.15, -0.1) is 0 Å². The summed E-state index contributed by atoms with van der Waals surface area (Å²) in [5.74, 6) is 1.32. The molecule has 0 aliphatic heterocycles. The number of fused-ring (bicyclic) bond motifs is 1. The van der Waals surface area contributed by atoms with Crippen molar-refractivity contribution in [3.05, 3.63) is 47.7 Å². The van der Waals surface area contributed by atoms with Crippen LogP contribution in [0.4, 0.5) is 10.4 Å². The van der Waals surface area contributed by atoms with Gasteiger partial charge in [-0.2, -0.15) is 4.98 Å². The highest BCUT2D eigenvalue weighted by Gasteiger charge is 2.13. The summed E-state index contributed by atoms with van der Waals surface area (Å²) in [6.07, 6.45) is 0. The zero-order valence-electron chi connectivity index (χ0n) is 10.6. The number of oxazole rings is 1. The molecule has 0 amide bonds. The number of aryl methyl sites for hydroxylation is 1. The minimum Gasteiger partial charge on any atom is -0.464 e. The molecule has 0 saturated heterocycles. The first-order valence-electron chi connectivity index (χ1n) is 6.01. The summed E-state index contributed by atoms with van der Waals surface area (Å²) in [6.45, 7) is 3.83. The van der Waals surface area contributed by atoms with Crippen molar-refractivity contribution in [1.29, 1.82) is 0 Å². The van der Waals surface area contributed by atoms with Gasteiger partial charge in [0.2, 0.25) is 0 Å². The Bertz CT molecular complexity index is 717. The maximum atomic E-state index is 13.1. The van der Waals surface area contributed by atoms with E-state index in [2.05, 4.69) is 10.3 Å². The summed E-state index contributed by atoms with van der Waals surface area (Å²) >= 11 is 0. The number of nitrogens with zero attached hydrogens (tertiary/aromatic N) is 1. The number of nitrogens with one attached hydrogen (secondary N) is 1. The molecule has 0 spiro atoms. The standard InChI is InChI=1S/C14H13FN2O2/c1-8-3-5-12(18-8)9(2)16-14-17-11-7-10(15)4-6-13(11)19-14/h3-7,9H,1-2H3,(H,16,17). The molecule has 0 saturated carbocycles. The van der Waals surface area contributed by atoms with Crippen LogP contribution in [0.2, 0.25) is 0 Å². The van der Waals surface area contributed by atoms with Crippen molar-refractivity contribution in [2.45, 2.75) is 19.9 Å². The lowest BCUT2D eigenvalue weighted by molar-refractivity contribution is 0.461. The third-order valence-electron chi connectivity index (χ3n) is 2.88. The zero-order valence-corrected chi connectivity index (χ0v) is 10.6. The van der Waals surface area contributed by atoms with E-state index in [0.29, 0.717) is 17.1 Å². The van der Waals surface area contributed by atoms with Gasteiger partial charge < -0.3 is 14.2 Å². The second-order valence-electron chi connectivity index (χ2n) is 4.45. The van der Waals surface area contributed by atoms with Crippen LogP contribution in [0.15, 0.2) is 39.2 Å². The van der Waals surface area contributed by atoms with Crippen LogP contribution in [0.1, 0.15) is 24.5 Å². The lowest BCUT2D eigenvalue weighted by atomic mass is 10.2. The van der Waals surface area contributed by atoms with E-state index in [0.717, 1.165) is 11.5 Å². The molecule has 3 aromatic rings. The first-order valence-corrected chi connectivity index (χ1v) is 6.01. The van der Waals surface area contributed by atoms with E-state index in [1.54, 1.807) is 6.07 Å². The summed E-state index contributed by atoms with van der Waals surface area (Å²) < 4.78 is 24.1. The molecule has 19 heavy (non-hydrogen) atoms. The molecule has 98 valence electrons. The van der Waals surface area contributed by atoms with Gasteiger partial charge in [-0.1, -0.05) is 0 Å². The van der Waals surface area contributed by atoms with E-state index in [9.17, 15) is 4.39 Å². The Balaban J connectivity index is 1.85. The molecule has 2 aromatic heterocycles. The summed E-state index contributed by atoms with van der Waals surface area (Å²) in [6, 6.07) is 8.31. The van der Waals surface area contributed by atoms with Gasteiger partial charge in [0.25, 0.3) is 6.01 Å². The van der Waals surface area contributed by atoms with Gasteiger partial charge in [0, 0.05) is 6.07 Å². The molecule has 0 fully saturated rings. The van der Waals surface area contributed by atoms with Gasteiger partial charge in [0.05, 0.1) is 6.04 Å². The largest absolute Gasteiger partial charge is 0.464 e. The molecular weight excluding hydrogens is 247 g/mol. The number of benzene rings is 1. The van der Waals surface area contributed by atoms with Crippen LogP contribution in [0.25, 0.3) is 11.1 Å². The van der Waals surface area contributed by atoms with Gasteiger partial charge in [-0.25, -0.2) is 4.39 Å². The highest BCUT2D eigenvalue weighted by Crippen LogP contribution is 2.24. The van der Waals surface area contributed by atoms with Gasteiger partial charge in [0.15, 0.2) is 5.58 Å². The van der Waals surface area contributed by atoms with E-state index >= 15 is 0 Å². The summed E-state index contributed by atoms with van der Waals surface area (Å²) in [5.41, 5.74) is 1.04. The third-order valence-corrected chi connectivity index (χ3v) is 2.88. The van der Waals surface area contributed by atoms with Crippen LogP contribution >= 0.6 is 0 Å². The van der Waals surface area contributed by atoms with Crippen LogP contribution in [0.3, 0.4) is 0 Å². The minimum absolute atomic E-state index is 0.0772. The second kappa shape index (κ2) is 4.42. The molecule has 5 heteroatoms. The second-order valence-corrected chi connectivity index (χ2v) is 4.45. The highest BCUT2D eigenvalue weighted by atomic mass is 19.1. The molecule has 0 aliphatic rings. The molecule has 2 heterocycles. The smallest absolute Gasteiger partial charge is 0.296 e. The number of anilines is 1. The molecule has 1 N–H and O–H groups in total. The molecular formula is C14H13FN2O2. The van der Waals surface area contributed by atoms with Gasteiger partial charge in [0.1, 0.15) is 22.9 Å². The van der Waals surface area contributed by atoms with Crippen molar-refractivity contribution in [2.24, 2.45) is 0 Å². The maximum absolute atomic E-state index is 13.1. The van der Waals surface area contributed by atoms with E-state index in [-0.39, 0.29) is 11.9 Å². The molecule has 1 atom stereocenters. The molecule has 0 aliphatic carbocycles. The average Bonchev–Trinajstić information content (AvgIpc) is 2.94. The predicted molar refractivity (Wildman–Crippen MR) is 69.4 cm³/mol.